The number of ether oxygens (including phenoxy) is 1. The van der Waals surface area contributed by atoms with Crippen LogP contribution in [0.1, 0.15) is 60.0 Å². The second-order valence-corrected chi connectivity index (χ2v) is 11.9. The van der Waals surface area contributed by atoms with E-state index in [0.717, 1.165) is 43.0 Å². The zero-order valence-corrected chi connectivity index (χ0v) is 21.2. The van der Waals surface area contributed by atoms with Gasteiger partial charge in [0.25, 0.3) is 0 Å². The van der Waals surface area contributed by atoms with Gasteiger partial charge in [-0.3, -0.25) is 14.5 Å². The highest BCUT2D eigenvalue weighted by Crippen LogP contribution is 2.66. The van der Waals surface area contributed by atoms with Crippen molar-refractivity contribution in [2.24, 2.45) is 5.92 Å². The van der Waals surface area contributed by atoms with Crippen LogP contribution in [0.4, 0.5) is 0 Å². The number of amides is 1. The van der Waals surface area contributed by atoms with E-state index in [1.54, 1.807) is 42.3 Å². The first-order chi connectivity index (χ1) is 17.8. The summed E-state index contributed by atoms with van der Waals surface area (Å²) < 4.78 is 6.57. The summed E-state index contributed by atoms with van der Waals surface area (Å²) in [6.45, 7) is 1.90. The molecule has 5 atom stereocenters. The molecule has 2 aromatic rings. The van der Waals surface area contributed by atoms with Gasteiger partial charge < -0.3 is 19.8 Å². The SMILES string of the molecule is CN(C(=O)CC(=O)c1ccccc1)[C@H]1CC[C@@]2(O)[C@@H]3Cc4ccc(O)c5c4[C@@]2(CCN3CC2CC2)[C@H]1O5. The fourth-order valence-electron chi connectivity index (χ4n) is 8.03. The van der Waals surface area contributed by atoms with Crippen molar-refractivity contribution in [2.45, 2.75) is 74.1 Å². The summed E-state index contributed by atoms with van der Waals surface area (Å²) in [7, 11) is 1.75. The molecule has 2 aliphatic heterocycles. The molecule has 2 heterocycles. The van der Waals surface area contributed by atoms with Crippen molar-refractivity contribution < 1.29 is 24.5 Å². The average molecular weight is 503 g/mol. The lowest BCUT2D eigenvalue weighted by atomic mass is 9.48. The maximum absolute atomic E-state index is 13.4. The third-order valence-corrected chi connectivity index (χ3v) is 10.0. The molecule has 3 fully saturated rings. The molecule has 1 saturated heterocycles. The third kappa shape index (κ3) is 3.20. The van der Waals surface area contributed by atoms with Crippen molar-refractivity contribution in [3.8, 4) is 11.5 Å². The molecule has 1 amide bonds. The number of benzene rings is 2. The van der Waals surface area contributed by atoms with Crippen molar-refractivity contribution in [2.75, 3.05) is 20.1 Å². The zero-order valence-electron chi connectivity index (χ0n) is 21.2. The normalized spacial score (nSPS) is 33.4. The molecule has 0 radical (unpaired) electrons. The number of phenolic OH excluding ortho intramolecular Hbond substituents is 1. The molecule has 0 unspecified atom stereocenters. The highest BCUT2D eigenvalue weighted by molar-refractivity contribution is 6.07. The molecular formula is C30H34N2O5. The van der Waals surface area contributed by atoms with Crippen LogP contribution in [0.2, 0.25) is 0 Å². The fourth-order valence-corrected chi connectivity index (χ4v) is 8.03. The molecule has 2 aromatic carbocycles. The number of rotatable bonds is 6. The topological polar surface area (TPSA) is 90.3 Å². The standard InChI is InChI=1S/C30H34N2O5/c1-31(25(35)16-23(34)19-5-3-2-4-6-19)21-11-12-30(36)24-15-20-9-10-22(33)27-26(20)29(30,28(21)37-27)13-14-32(24)17-18-7-8-18/h2-6,9-10,18,21,24,28,33,36H,7-8,11-17H2,1H3/t21-,24-,28-,29-,30+/m0/s1. The van der Waals surface area contributed by atoms with Gasteiger partial charge in [-0.1, -0.05) is 36.4 Å². The van der Waals surface area contributed by atoms with Gasteiger partial charge >= 0.3 is 0 Å². The Morgan fingerprint density at radius 2 is 1.89 bits per heavy atom. The van der Waals surface area contributed by atoms with Crippen LogP contribution in [-0.2, 0) is 16.6 Å². The minimum Gasteiger partial charge on any atom is -0.504 e. The van der Waals surface area contributed by atoms with Crippen LogP contribution in [0, 0.1) is 5.92 Å². The van der Waals surface area contributed by atoms with E-state index >= 15 is 0 Å². The molecule has 2 saturated carbocycles. The van der Waals surface area contributed by atoms with Crippen LogP contribution in [-0.4, -0.2) is 75.6 Å². The van der Waals surface area contributed by atoms with Gasteiger partial charge in [-0.05, 0) is 62.6 Å². The summed E-state index contributed by atoms with van der Waals surface area (Å²) in [4.78, 5) is 30.3. The lowest BCUT2D eigenvalue weighted by Crippen LogP contribution is -2.78. The highest BCUT2D eigenvalue weighted by atomic mass is 16.5. The predicted octanol–water partition coefficient (Wildman–Crippen LogP) is 3.06. The average Bonchev–Trinajstić information content (AvgIpc) is 3.64. The quantitative estimate of drug-likeness (QED) is 0.466. The van der Waals surface area contributed by atoms with Crippen molar-refractivity contribution in [1.82, 2.24) is 9.80 Å². The van der Waals surface area contributed by atoms with Gasteiger partial charge in [0.05, 0.1) is 23.5 Å². The number of Topliss-reactive ketones (excluding diaryl/α,β-unsaturated/α-hetero) is 1. The van der Waals surface area contributed by atoms with Crippen molar-refractivity contribution in [1.29, 1.82) is 0 Å². The minimum absolute atomic E-state index is 0.00226. The number of hydrogen-bond acceptors (Lipinski definition) is 6. The second-order valence-electron chi connectivity index (χ2n) is 11.9. The molecule has 7 rings (SSSR count). The number of carbonyl (C=O) groups excluding carboxylic acids is 2. The Morgan fingerprint density at radius 3 is 2.65 bits per heavy atom. The lowest BCUT2D eigenvalue weighted by molar-refractivity contribution is -0.200. The number of phenols is 1. The van der Waals surface area contributed by atoms with Crippen LogP contribution < -0.4 is 4.74 Å². The molecule has 7 nitrogen and oxygen atoms in total. The van der Waals surface area contributed by atoms with E-state index in [0.29, 0.717) is 24.2 Å². The molecule has 3 aliphatic carbocycles. The number of nitrogens with zero attached hydrogens (tertiary/aromatic N) is 2. The maximum atomic E-state index is 13.4. The third-order valence-electron chi connectivity index (χ3n) is 10.0. The van der Waals surface area contributed by atoms with Crippen molar-refractivity contribution >= 4 is 11.7 Å². The number of piperidine rings is 1. The van der Waals surface area contributed by atoms with Gasteiger partial charge in [-0.25, -0.2) is 0 Å². The Bertz CT molecular complexity index is 1280. The molecule has 2 bridgehead atoms. The summed E-state index contributed by atoms with van der Waals surface area (Å²) in [6, 6.07) is 12.3. The predicted molar refractivity (Wildman–Crippen MR) is 137 cm³/mol. The van der Waals surface area contributed by atoms with Gasteiger partial charge in [-0.15, -0.1) is 0 Å². The van der Waals surface area contributed by atoms with Gasteiger partial charge in [-0.2, -0.15) is 0 Å². The molecule has 5 aliphatic rings. The Labute approximate surface area is 217 Å². The van der Waals surface area contributed by atoms with Crippen LogP contribution in [0.15, 0.2) is 42.5 Å². The van der Waals surface area contributed by atoms with E-state index in [-0.39, 0.29) is 35.9 Å². The van der Waals surface area contributed by atoms with E-state index in [2.05, 4.69) is 4.90 Å². The van der Waals surface area contributed by atoms with E-state index in [4.69, 9.17) is 4.74 Å². The fraction of sp³-hybridized carbons (Fsp3) is 0.533. The molecule has 1 spiro atoms. The largest absolute Gasteiger partial charge is 0.504 e. The first-order valence-electron chi connectivity index (χ1n) is 13.7. The van der Waals surface area contributed by atoms with Crippen LogP contribution in [0.3, 0.4) is 0 Å². The Kier molecular flexibility index (Phi) is 5.05. The number of carbonyl (C=O) groups is 2. The Morgan fingerprint density at radius 1 is 1.11 bits per heavy atom. The Balaban J connectivity index is 1.24. The van der Waals surface area contributed by atoms with Gasteiger partial charge in [0.1, 0.15) is 6.10 Å². The Hall–Kier alpha value is -2.90. The number of aliphatic hydroxyl groups is 1. The molecular weight excluding hydrogens is 468 g/mol. The molecule has 194 valence electrons. The van der Waals surface area contributed by atoms with Crippen LogP contribution >= 0.6 is 0 Å². The number of ketones is 1. The second kappa shape index (κ2) is 8.05. The van der Waals surface area contributed by atoms with E-state index < -0.39 is 17.1 Å². The first-order valence-corrected chi connectivity index (χ1v) is 13.7. The van der Waals surface area contributed by atoms with Crippen molar-refractivity contribution in [3.05, 3.63) is 59.2 Å². The summed E-state index contributed by atoms with van der Waals surface area (Å²) in [6.07, 6.45) is 4.47. The number of aromatic hydroxyl groups is 1. The summed E-state index contributed by atoms with van der Waals surface area (Å²) in [5.74, 6) is 0.846. The number of hydrogen-bond donors (Lipinski definition) is 2. The summed E-state index contributed by atoms with van der Waals surface area (Å²) in [5.41, 5.74) is 0.947. The monoisotopic (exact) mass is 502 g/mol. The first kappa shape index (κ1) is 23.2. The van der Waals surface area contributed by atoms with E-state index in [1.165, 1.54) is 12.8 Å². The number of likely N-dealkylation sites (N-methyl/N-ethyl adjacent to an activating group) is 1. The lowest BCUT2D eigenvalue weighted by Gasteiger charge is -2.64. The molecule has 37 heavy (non-hydrogen) atoms. The molecule has 2 N–H and O–H groups in total. The van der Waals surface area contributed by atoms with E-state index in [9.17, 15) is 19.8 Å². The zero-order chi connectivity index (χ0) is 25.5. The van der Waals surface area contributed by atoms with Crippen molar-refractivity contribution in [3.63, 3.8) is 0 Å². The summed E-state index contributed by atoms with van der Waals surface area (Å²) in [5, 5.41) is 23.4. The smallest absolute Gasteiger partial charge is 0.230 e. The van der Waals surface area contributed by atoms with Gasteiger partial charge in [0, 0.05) is 30.8 Å². The minimum atomic E-state index is -0.989. The van der Waals surface area contributed by atoms with Crippen LogP contribution in [0.25, 0.3) is 0 Å². The highest BCUT2D eigenvalue weighted by Gasteiger charge is 2.73. The molecule has 7 heteroatoms. The van der Waals surface area contributed by atoms with Gasteiger partial charge in [0.15, 0.2) is 17.3 Å². The van der Waals surface area contributed by atoms with Crippen LogP contribution in [0.5, 0.6) is 11.5 Å². The van der Waals surface area contributed by atoms with Gasteiger partial charge in [0.2, 0.25) is 5.91 Å². The maximum Gasteiger partial charge on any atom is 0.230 e. The number of likely N-dealkylation sites (tertiary alicyclic amines) is 1. The molecule has 0 aromatic heterocycles. The summed E-state index contributed by atoms with van der Waals surface area (Å²) >= 11 is 0. The van der Waals surface area contributed by atoms with E-state index in [1.807, 2.05) is 12.1 Å².